The lowest BCUT2D eigenvalue weighted by molar-refractivity contribution is 0.411. The average molecular weight is 525 g/mol. The van der Waals surface area contributed by atoms with E-state index in [9.17, 15) is 4.79 Å². The minimum Gasteiger partial charge on any atom is -0.384 e. The molecule has 3 N–H and O–H groups in total. The van der Waals surface area contributed by atoms with Crippen molar-refractivity contribution < 1.29 is 0 Å². The maximum atomic E-state index is 12.9. The summed E-state index contributed by atoms with van der Waals surface area (Å²) in [6.45, 7) is 2.97. The first-order valence-corrected chi connectivity index (χ1v) is 12.4. The van der Waals surface area contributed by atoms with Gasteiger partial charge in [0.25, 0.3) is 0 Å². The van der Waals surface area contributed by atoms with Gasteiger partial charge in [-0.05, 0) is 56.8 Å². The Morgan fingerprint density at radius 1 is 1.14 bits per heavy atom. The standard InChI is InChI=1S/C25H26Cl2N8O/c1-33(2)11-12-34-10-4-5-15-8-9-16(13-20(15)34)30-24-29-14-17-22(28)35(25(36)32-23(17)31-24)21-18(26)6-3-7-19(21)27/h3,6-9,13-14H,4-5,10-12,28H2,1-2H3,(H,30,31,32,36). The molecule has 0 radical (unpaired) electrons. The molecule has 186 valence electrons. The molecule has 0 saturated carbocycles. The number of hydrogen-bond acceptors (Lipinski definition) is 8. The van der Waals surface area contributed by atoms with Crippen LogP contribution in [-0.2, 0) is 6.42 Å². The summed E-state index contributed by atoms with van der Waals surface area (Å²) in [5, 5.41) is 4.22. The first kappa shape index (κ1) is 24.3. The van der Waals surface area contributed by atoms with Crippen LogP contribution in [0, 0.1) is 0 Å². The van der Waals surface area contributed by atoms with Gasteiger partial charge in [-0.25, -0.2) is 14.3 Å². The number of anilines is 4. The van der Waals surface area contributed by atoms with E-state index in [0.29, 0.717) is 11.3 Å². The van der Waals surface area contributed by atoms with Crippen molar-refractivity contribution in [2.45, 2.75) is 12.8 Å². The molecule has 0 bridgehead atoms. The van der Waals surface area contributed by atoms with E-state index in [1.165, 1.54) is 22.0 Å². The maximum Gasteiger partial charge on any atom is 0.355 e. The number of hydrogen-bond donors (Lipinski definition) is 2. The summed E-state index contributed by atoms with van der Waals surface area (Å²) in [4.78, 5) is 30.5. The number of halogens is 2. The maximum absolute atomic E-state index is 12.9. The van der Waals surface area contributed by atoms with Crippen LogP contribution >= 0.6 is 23.2 Å². The molecule has 0 saturated heterocycles. The van der Waals surface area contributed by atoms with E-state index in [2.05, 4.69) is 56.3 Å². The van der Waals surface area contributed by atoms with Crippen LogP contribution in [0.4, 0.5) is 23.1 Å². The fraction of sp³-hybridized carbons (Fsp3) is 0.280. The van der Waals surface area contributed by atoms with Crippen LogP contribution in [0.15, 0.2) is 47.4 Å². The van der Waals surface area contributed by atoms with Crippen LogP contribution < -0.4 is 21.6 Å². The fourth-order valence-corrected chi connectivity index (χ4v) is 4.96. The van der Waals surface area contributed by atoms with Crippen molar-refractivity contribution in [1.82, 2.24) is 24.4 Å². The van der Waals surface area contributed by atoms with Gasteiger partial charge in [0, 0.05) is 37.2 Å². The second-order valence-electron chi connectivity index (χ2n) is 8.98. The summed E-state index contributed by atoms with van der Waals surface area (Å²) in [5.74, 6) is 0.426. The molecule has 36 heavy (non-hydrogen) atoms. The Morgan fingerprint density at radius 2 is 1.92 bits per heavy atom. The Kier molecular flexibility index (Phi) is 6.70. The van der Waals surface area contributed by atoms with Gasteiger partial charge in [0.2, 0.25) is 5.95 Å². The van der Waals surface area contributed by atoms with Gasteiger partial charge in [0.05, 0.1) is 21.1 Å². The van der Waals surface area contributed by atoms with E-state index in [4.69, 9.17) is 28.9 Å². The molecular weight excluding hydrogens is 499 g/mol. The smallest absolute Gasteiger partial charge is 0.355 e. The zero-order chi connectivity index (χ0) is 25.4. The zero-order valence-electron chi connectivity index (χ0n) is 20.0. The Bertz CT molecular complexity index is 1480. The number of fused-ring (bicyclic) bond motifs is 2. The van der Waals surface area contributed by atoms with Gasteiger partial charge in [0.1, 0.15) is 5.82 Å². The van der Waals surface area contributed by atoms with Crippen molar-refractivity contribution in [2.75, 3.05) is 49.7 Å². The SMILES string of the molecule is CN(C)CCN1CCCc2ccc(Nc3ncc4c(N)n(-c5c(Cl)cccc5Cl)c(=O)nc4n3)cc21. The van der Waals surface area contributed by atoms with E-state index in [1.54, 1.807) is 18.2 Å². The number of nitrogens with two attached hydrogens (primary N) is 1. The fourth-order valence-electron chi connectivity index (χ4n) is 4.39. The molecule has 0 atom stereocenters. The third-order valence-electron chi connectivity index (χ3n) is 6.21. The minimum absolute atomic E-state index is 0.108. The van der Waals surface area contributed by atoms with Gasteiger partial charge in [0.15, 0.2) is 5.65 Å². The van der Waals surface area contributed by atoms with Crippen LogP contribution in [0.2, 0.25) is 10.0 Å². The summed E-state index contributed by atoms with van der Waals surface area (Å²) in [7, 11) is 4.16. The van der Waals surface area contributed by atoms with Crippen LogP contribution in [0.1, 0.15) is 12.0 Å². The molecule has 0 spiro atoms. The first-order chi connectivity index (χ1) is 17.3. The molecule has 11 heteroatoms. The largest absolute Gasteiger partial charge is 0.384 e. The Morgan fingerprint density at radius 3 is 2.67 bits per heavy atom. The van der Waals surface area contributed by atoms with Gasteiger partial charge >= 0.3 is 5.69 Å². The van der Waals surface area contributed by atoms with Gasteiger partial charge in [-0.2, -0.15) is 9.97 Å². The molecule has 2 aromatic heterocycles. The number of aryl methyl sites for hydroxylation is 1. The van der Waals surface area contributed by atoms with Crippen molar-refractivity contribution in [3.8, 4) is 5.69 Å². The lowest BCUT2D eigenvalue weighted by Crippen LogP contribution is -2.35. The van der Waals surface area contributed by atoms with Crippen LogP contribution in [-0.4, -0.2) is 58.1 Å². The summed E-state index contributed by atoms with van der Waals surface area (Å²) >= 11 is 12.6. The summed E-state index contributed by atoms with van der Waals surface area (Å²) in [6, 6.07) is 11.2. The topological polar surface area (TPSA) is 105 Å². The second-order valence-corrected chi connectivity index (χ2v) is 9.79. The summed E-state index contributed by atoms with van der Waals surface area (Å²) in [5.41, 5.74) is 9.55. The molecule has 0 fully saturated rings. The van der Waals surface area contributed by atoms with Gasteiger partial charge in [-0.15, -0.1) is 0 Å². The molecule has 3 heterocycles. The predicted molar refractivity (Wildman–Crippen MR) is 146 cm³/mol. The molecule has 1 aliphatic rings. The second kappa shape index (κ2) is 9.93. The molecule has 4 aromatic rings. The summed E-state index contributed by atoms with van der Waals surface area (Å²) < 4.78 is 1.18. The van der Waals surface area contributed by atoms with E-state index in [-0.39, 0.29) is 27.2 Å². The van der Waals surface area contributed by atoms with Gasteiger partial charge < -0.3 is 20.9 Å². The van der Waals surface area contributed by atoms with Crippen molar-refractivity contribution in [2.24, 2.45) is 0 Å². The number of benzene rings is 2. The zero-order valence-corrected chi connectivity index (χ0v) is 21.5. The number of nitrogen functional groups attached to an aromatic ring is 1. The highest BCUT2D eigenvalue weighted by Crippen LogP contribution is 2.32. The Hall–Kier alpha value is -3.40. The molecule has 9 nitrogen and oxygen atoms in total. The Balaban J connectivity index is 1.47. The predicted octanol–water partition coefficient (Wildman–Crippen LogP) is 4.12. The van der Waals surface area contributed by atoms with Crippen molar-refractivity contribution >= 4 is 57.4 Å². The molecular formula is C25H26Cl2N8O. The number of rotatable bonds is 6. The van der Waals surface area contributed by atoms with Crippen LogP contribution in [0.25, 0.3) is 16.7 Å². The molecule has 2 aromatic carbocycles. The van der Waals surface area contributed by atoms with Crippen LogP contribution in [0.5, 0.6) is 0 Å². The van der Waals surface area contributed by atoms with Crippen molar-refractivity contribution in [1.29, 1.82) is 0 Å². The van der Waals surface area contributed by atoms with E-state index < -0.39 is 5.69 Å². The molecule has 1 aliphatic heterocycles. The molecule has 0 aliphatic carbocycles. The average Bonchev–Trinajstić information content (AvgIpc) is 2.84. The van der Waals surface area contributed by atoms with E-state index >= 15 is 0 Å². The lowest BCUT2D eigenvalue weighted by atomic mass is 10.0. The normalized spacial score (nSPS) is 13.3. The summed E-state index contributed by atoms with van der Waals surface area (Å²) in [6.07, 6.45) is 3.74. The lowest BCUT2D eigenvalue weighted by Gasteiger charge is -2.32. The van der Waals surface area contributed by atoms with Crippen molar-refractivity contribution in [3.05, 3.63) is 68.7 Å². The molecule has 5 rings (SSSR count). The minimum atomic E-state index is -0.634. The number of nitrogens with zero attached hydrogens (tertiary/aromatic N) is 6. The van der Waals surface area contributed by atoms with E-state index in [0.717, 1.165) is 38.2 Å². The van der Waals surface area contributed by atoms with Crippen molar-refractivity contribution in [3.63, 3.8) is 0 Å². The van der Waals surface area contributed by atoms with Gasteiger partial charge in [-0.3, -0.25) is 0 Å². The highest BCUT2D eigenvalue weighted by Gasteiger charge is 2.19. The highest BCUT2D eigenvalue weighted by atomic mass is 35.5. The number of aromatic nitrogens is 4. The number of likely N-dealkylation sites (N-methyl/N-ethyl adjacent to an activating group) is 1. The Labute approximate surface area is 218 Å². The molecule has 0 amide bonds. The van der Waals surface area contributed by atoms with E-state index in [1.807, 2.05) is 6.07 Å². The highest BCUT2D eigenvalue weighted by molar-refractivity contribution is 6.37. The number of nitrogens with one attached hydrogen (secondary N) is 1. The molecule has 0 unspecified atom stereocenters. The number of para-hydroxylation sites is 1. The van der Waals surface area contributed by atoms with Crippen LogP contribution in [0.3, 0.4) is 0 Å². The third-order valence-corrected chi connectivity index (χ3v) is 6.82. The third kappa shape index (κ3) is 4.69. The monoisotopic (exact) mass is 524 g/mol. The first-order valence-electron chi connectivity index (χ1n) is 11.6. The van der Waals surface area contributed by atoms with Gasteiger partial charge in [-0.1, -0.05) is 35.3 Å². The quantitative estimate of drug-likeness (QED) is 0.388.